The van der Waals surface area contributed by atoms with Gasteiger partial charge < -0.3 is 19.5 Å². The highest BCUT2D eigenvalue weighted by atomic mass is 32.2. The largest absolute Gasteiger partial charge is 0.497 e. The van der Waals surface area contributed by atoms with Crippen LogP contribution in [-0.2, 0) is 19.7 Å². The molecule has 9 nitrogen and oxygen atoms in total. The second-order valence-corrected chi connectivity index (χ2v) is 12.3. The van der Waals surface area contributed by atoms with Gasteiger partial charge in [-0.3, -0.25) is 14.5 Å². The average Bonchev–Trinajstić information content (AvgIpc) is 3.26. The Balaban J connectivity index is 2.03. The minimum Gasteiger partial charge on any atom is -0.497 e. The van der Waals surface area contributed by atoms with Crippen molar-refractivity contribution in [3.63, 3.8) is 0 Å². The second-order valence-electron chi connectivity index (χ2n) is 11.2. The third-order valence-electron chi connectivity index (χ3n) is 7.03. The molecule has 1 aliphatic rings. The van der Waals surface area contributed by atoms with Crippen LogP contribution in [0.4, 0.5) is 5.82 Å². The van der Waals surface area contributed by atoms with Crippen LogP contribution in [0.25, 0.3) is 5.69 Å². The number of hydrogen-bond acceptors (Lipinski definition) is 7. The maximum Gasteiger partial charge on any atom is 0.240 e. The molecule has 220 valence electrons. The molecule has 0 bridgehead atoms. The van der Waals surface area contributed by atoms with E-state index in [1.807, 2.05) is 48.9 Å². The van der Waals surface area contributed by atoms with E-state index in [4.69, 9.17) is 19.3 Å². The van der Waals surface area contributed by atoms with Crippen LogP contribution in [0.3, 0.4) is 0 Å². The number of benzene rings is 2. The lowest BCUT2D eigenvalue weighted by molar-refractivity contribution is -0.123. The fourth-order valence-corrected chi connectivity index (χ4v) is 6.28. The van der Waals surface area contributed by atoms with Crippen molar-refractivity contribution in [3.8, 4) is 17.2 Å². The number of carbonyl (C=O) groups is 2. The summed E-state index contributed by atoms with van der Waals surface area (Å²) in [5.41, 5.74) is 5.21. The van der Waals surface area contributed by atoms with Crippen molar-refractivity contribution in [1.82, 2.24) is 15.1 Å². The summed E-state index contributed by atoms with van der Waals surface area (Å²) in [6.45, 7) is 11.0. The number of hydrogen-bond donors (Lipinski definition) is 1. The molecule has 4 rings (SSSR count). The smallest absolute Gasteiger partial charge is 0.240 e. The number of aromatic nitrogens is 2. The van der Waals surface area contributed by atoms with Gasteiger partial charge in [0.1, 0.15) is 23.9 Å². The van der Waals surface area contributed by atoms with Crippen LogP contribution in [0.5, 0.6) is 11.5 Å². The van der Waals surface area contributed by atoms with Crippen molar-refractivity contribution in [2.24, 2.45) is 0 Å². The fourth-order valence-electron chi connectivity index (χ4n) is 5.07. The Morgan fingerprint density at radius 2 is 1.85 bits per heavy atom. The minimum absolute atomic E-state index is 0.141. The lowest BCUT2D eigenvalue weighted by Gasteiger charge is -2.25. The van der Waals surface area contributed by atoms with Crippen LogP contribution >= 0.6 is 11.8 Å². The fraction of sp³-hybridized carbons (Fsp3) is 0.452. The zero-order valence-corrected chi connectivity index (χ0v) is 26.0. The molecule has 2 heterocycles. The first-order valence-electron chi connectivity index (χ1n) is 13.6. The summed E-state index contributed by atoms with van der Waals surface area (Å²) in [4.78, 5) is 28.6. The molecule has 0 aliphatic carbocycles. The van der Waals surface area contributed by atoms with Crippen molar-refractivity contribution in [1.29, 1.82) is 0 Å². The van der Waals surface area contributed by atoms with E-state index in [0.29, 0.717) is 30.5 Å². The molecule has 1 atom stereocenters. The van der Waals surface area contributed by atoms with Gasteiger partial charge in [0.2, 0.25) is 11.8 Å². The molecule has 1 aromatic heterocycles. The van der Waals surface area contributed by atoms with Crippen molar-refractivity contribution in [3.05, 3.63) is 64.3 Å². The molecule has 2 aromatic carbocycles. The summed E-state index contributed by atoms with van der Waals surface area (Å²) in [6, 6.07) is 11.8. The highest BCUT2D eigenvalue weighted by molar-refractivity contribution is 8.00. The van der Waals surface area contributed by atoms with Gasteiger partial charge in [-0.05, 0) is 43.7 Å². The summed E-state index contributed by atoms with van der Waals surface area (Å²) in [5, 5.41) is 7.74. The molecule has 0 saturated heterocycles. The van der Waals surface area contributed by atoms with Crippen LogP contribution in [-0.4, -0.2) is 68.4 Å². The Morgan fingerprint density at radius 1 is 1.10 bits per heavy atom. The summed E-state index contributed by atoms with van der Waals surface area (Å²) < 4.78 is 18.3. The SMILES string of the molecule is COCCNC(=O)CN1C(=O)CSC(c2cc(OC)ccc2OC)c2c(C(C)(C)C)nn(-c3ccc(C)cc3C)c21. The van der Waals surface area contributed by atoms with Gasteiger partial charge in [-0.15, -0.1) is 11.8 Å². The van der Waals surface area contributed by atoms with Gasteiger partial charge in [-0.25, -0.2) is 4.68 Å². The minimum atomic E-state index is -0.376. The Bertz CT molecular complexity index is 1430. The molecule has 0 radical (unpaired) electrons. The lowest BCUT2D eigenvalue weighted by Crippen LogP contribution is -2.43. The zero-order valence-electron chi connectivity index (χ0n) is 25.2. The Labute approximate surface area is 246 Å². The number of ether oxygens (including phenoxy) is 3. The molecule has 2 amide bonds. The number of nitrogens with zero attached hydrogens (tertiary/aromatic N) is 3. The summed E-state index contributed by atoms with van der Waals surface area (Å²) in [7, 11) is 4.85. The van der Waals surface area contributed by atoms with Crippen molar-refractivity contribution < 1.29 is 23.8 Å². The number of carbonyl (C=O) groups excluding carboxylic acids is 2. The van der Waals surface area contributed by atoms with Gasteiger partial charge in [0.05, 0.1) is 43.2 Å². The van der Waals surface area contributed by atoms with Crippen molar-refractivity contribution in [2.45, 2.75) is 45.3 Å². The Hall–Kier alpha value is -3.50. The topological polar surface area (TPSA) is 94.9 Å². The molecule has 3 aromatic rings. The lowest BCUT2D eigenvalue weighted by atomic mass is 9.87. The summed E-state index contributed by atoms with van der Waals surface area (Å²) in [5.74, 6) is 1.69. The van der Waals surface area contributed by atoms with E-state index < -0.39 is 0 Å². The normalized spacial score (nSPS) is 15.4. The van der Waals surface area contributed by atoms with E-state index >= 15 is 0 Å². The van der Waals surface area contributed by atoms with Gasteiger partial charge >= 0.3 is 0 Å². The molecule has 0 fully saturated rings. The van der Waals surface area contributed by atoms with E-state index in [1.54, 1.807) is 26.2 Å². The Morgan fingerprint density at radius 3 is 2.49 bits per heavy atom. The number of anilines is 1. The van der Waals surface area contributed by atoms with E-state index in [2.05, 4.69) is 32.2 Å². The van der Waals surface area contributed by atoms with Gasteiger partial charge in [0.25, 0.3) is 0 Å². The first-order chi connectivity index (χ1) is 19.5. The molecule has 1 N–H and O–H groups in total. The molecule has 1 aliphatic heterocycles. The highest BCUT2D eigenvalue weighted by Gasteiger charge is 2.41. The number of nitrogens with one attached hydrogen (secondary N) is 1. The summed E-state index contributed by atoms with van der Waals surface area (Å²) >= 11 is 1.50. The van der Waals surface area contributed by atoms with Crippen LogP contribution in [0.2, 0.25) is 0 Å². The molecule has 10 heteroatoms. The average molecular weight is 581 g/mol. The van der Waals surface area contributed by atoms with Crippen LogP contribution in [0.1, 0.15) is 54.0 Å². The second kappa shape index (κ2) is 12.6. The number of rotatable bonds is 9. The number of fused-ring (bicyclic) bond motifs is 1. The first-order valence-corrected chi connectivity index (χ1v) is 14.7. The highest BCUT2D eigenvalue weighted by Crippen LogP contribution is 2.51. The maximum atomic E-state index is 13.9. The Kier molecular flexibility index (Phi) is 9.34. The summed E-state index contributed by atoms with van der Waals surface area (Å²) in [6.07, 6.45) is 0. The van der Waals surface area contributed by atoms with Crippen molar-refractivity contribution in [2.75, 3.05) is 51.7 Å². The molecule has 0 saturated carbocycles. The first kappa shape index (κ1) is 30.5. The van der Waals surface area contributed by atoms with E-state index in [9.17, 15) is 9.59 Å². The van der Waals surface area contributed by atoms with Gasteiger partial charge in [0, 0.05) is 30.2 Å². The monoisotopic (exact) mass is 580 g/mol. The molecular formula is C31H40N4O5S. The molecule has 41 heavy (non-hydrogen) atoms. The molecular weight excluding hydrogens is 540 g/mol. The number of amides is 2. The van der Waals surface area contributed by atoms with Gasteiger partial charge in [0.15, 0.2) is 0 Å². The van der Waals surface area contributed by atoms with Crippen LogP contribution in [0.15, 0.2) is 36.4 Å². The van der Waals surface area contributed by atoms with E-state index in [1.165, 1.54) is 11.8 Å². The third-order valence-corrected chi connectivity index (χ3v) is 8.27. The zero-order chi connectivity index (χ0) is 29.9. The number of thioether (sulfide) groups is 1. The van der Waals surface area contributed by atoms with E-state index in [0.717, 1.165) is 33.6 Å². The van der Waals surface area contributed by atoms with E-state index in [-0.39, 0.29) is 34.8 Å². The molecule has 1 unspecified atom stereocenters. The standard InChI is InChI=1S/C31H40N4O5S/c1-19-9-11-23(20(2)15-19)35-30-27(29(33-35)31(3,4)5)28(22-16-21(39-7)10-12-24(22)40-8)41-18-26(37)34(30)17-25(36)32-13-14-38-6/h9-12,15-16,28H,13-14,17-18H2,1-8H3,(H,32,36). The number of aryl methyl sites for hydroxylation is 2. The van der Waals surface area contributed by atoms with Crippen LogP contribution < -0.4 is 19.7 Å². The van der Waals surface area contributed by atoms with Gasteiger partial charge in [-0.2, -0.15) is 5.10 Å². The number of methoxy groups -OCH3 is 3. The molecule has 0 spiro atoms. The predicted octanol–water partition coefficient (Wildman–Crippen LogP) is 4.74. The van der Waals surface area contributed by atoms with Gasteiger partial charge in [-0.1, -0.05) is 38.5 Å². The maximum absolute atomic E-state index is 13.9. The third kappa shape index (κ3) is 6.38. The quantitative estimate of drug-likeness (QED) is 0.366. The van der Waals surface area contributed by atoms with Crippen LogP contribution in [0, 0.1) is 13.8 Å². The van der Waals surface area contributed by atoms with Crippen molar-refractivity contribution >= 4 is 29.4 Å². The predicted molar refractivity (Wildman–Crippen MR) is 163 cm³/mol.